The zero-order chi connectivity index (χ0) is 14.9. The van der Waals surface area contributed by atoms with Gasteiger partial charge in [-0.1, -0.05) is 6.92 Å². The molecule has 2 aliphatic rings. The number of likely N-dealkylation sites (tertiary alicyclic amines) is 1. The number of nitrogens with one attached hydrogen (secondary N) is 1. The summed E-state index contributed by atoms with van der Waals surface area (Å²) in [6.07, 6.45) is 8.15. The van der Waals surface area contributed by atoms with Crippen LogP contribution in [0.2, 0.25) is 0 Å². The first-order valence-corrected chi connectivity index (χ1v) is 9.34. The number of aromatic nitrogens is 2. The first-order chi connectivity index (χ1) is 10.8. The standard InChI is InChI=1S/C17H24N4S/c1-12(10-21-7-2-3-8-21)9-18-16-15-13-5-4-6-14(13)22-17(15)20-11-19-16/h11-12H,2-10H2,1H3,(H,18,19,20). The van der Waals surface area contributed by atoms with Crippen LogP contribution >= 0.6 is 11.3 Å². The van der Waals surface area contributed by atoms with Crippen LogP contribution in [0.25, 0.3) is 10.2 Å². The van der Waals surface area contributed by atoms with E-state index in [9.17, 15) is 0 Å². The SMILES string of the molecule is CC(CNc1ncnc2sc3c(c12)CCC3)CN1CCCC1. The smallest absolute Gasteiger partial charge is 0.138 e. The van der Waals surface area contributed by atoms with Crippen LogP contribution in [0.3, 0.4) is 0 Å². The number of anilines is 1. The van der Waals surface area contributed by atoms with Gasteiger partial charge in [0.15, 0.2) is 0 Å². The Morgan fingerprint density at radius 1 is 1.23 bits per heavy atom. The lowest BCUT2D eigenvalue weighted by molar-refractivity contribution is 0.294. The molecule has 0 saturated carbocycles. The van der Waals surface area contributed by atoms with E-state index in [0.29, 0.717) is 5.92 Å². The van der Waals surface area contributed by atoms with Crippen molar-refractivity contribution in [1.29, 1.82) is 0 Å². The van der Waals surface area contributed by atoms with E-state index in [4.69, 9.17) is 0 Å². The molecule has 0 radical (unpaired) electrons. The number of thiophene rings is 1. The Hall–Kier alpha value is -1.20. The Balaban J connectivity index is 1.47. The summed E-state index contributed by atoms with van der Waals surface area (Å²) in [6.45, 7) is 7.08. The van der Waals surface area contributed by atoms with E-state index in [2.05, 4.69) is 27.1 Å². The molecule has 4 rings (SSSR count). The molecule has 5 heteroatoms. The molecule has 1 fully saturated rings. The molecule has 4 nitrogen and oxygen atoms in total. The van der Waals surface area contributed by atoms with Crippen LogP contribution in [0, 0.1) is 5.92 Å². The van der Waals surface area contributed by atoms with Crippen molar-refractivity contribution in [1.82, 2.24) is 14.9 Å². The summed E-state index contributed by atoms with van der Waals surface area (Å²) in [6, 6.07) is 0. The fourth-order valence-electron chi connectivity index (χ4n) is 3.80. The fourth-order valence-corrected chi connectivity index (χ4v) is 5.03. The van der Waals surface area contributed by atoms with Crippen LogP contribution in [0.5, 0.6) is 0 Å². The van der Waals surface area contributed by atoms with Gasteiger partial charge in [0, 0.05) is 18.0 Å². The van der Waals surface area contributed by atoms with Gasteiger partial charge in [-0.15, -0.1) is 11.3 Å². The fraction of sp³-hybridized carbons (Fsp3) is 0.647. The third-order valence-electron chi connectivity index (χ3n) is 4.89. The summed E-state index contributed by atoms with van der Waals surface area (Å²) in [4.78, 5) is 14.3. The van der Waals surface area contributed by atoms with E-state index in [1.165, 1.54) is 67.6 Å². The number of nitrogens with zero attached hydrogens (tertiary/aromatic N) is 3. The van der Waals surface area contributed by atoms with E-state index in [0.717, 1.165) is 17.2 Å². The van der Waals surface area contributed by atoms with Crippen molar-refractivity contribution in [3.05, 3.63) is 16.8 Å². The summed E-state index contributed by atoms with van der Waals surface area (Å²) < 4.78 is 0. The summed E-state index contributed by atoms with van der Waals surface area (Å²) in [5.74, 6) is 1.70. The van der Waals surface area contributed by atoms with E-state index in [-0.39, 0.29) is 0 Å². The third-order valence-corrected chi connectivity index (χ3v) is 6.09. The molecule has 1 atom stereocenters. The van der Waals surface area contributed by atoms with Crippen molar-refractivity contribution in [3.8, 4) is 0 Å². The molecular formula is C17H24N4S. The Morgan fingerprint density at radius 2 is 2.09 bits per heavy atom. The van der Waals surface area contributed by atoms with Gasteiger partial charge in [-0.2, -0.15) is 0 Å². The minimum Gasteiger partial charge on any atom is -0.369 e. The summed E-state index contributed by atoms with van der Waals surface area (Å²) in [5.41, 5.74) is 1.51. The van der Waals surface area contributed by atoms with Crippen LogP contribution in [0.4, 0.5) is 5.82 Å². The number of fused-ring (bicyclic) bond motifs is 3. The van der Waals surface area contributed by atoms with Crippen molar-refractivity contribution in [2.24, 2.45) is 5.92 Å². The minimum absolute atomic E-state index is 0.648. The van der Waals surface area contributed by atoms with Crippen molar-refractivity contribution < 1.29 is 0 Å². The van der Waals surface area contributed by atoms with Gasteiger partial charge in [0.25, 0.3) is 0 Å². The number of aryl methyl sites for hydroxylation is 2. The molecule has 2 aromatic heterocycles. The Morgan fingerprint density at radius 3 is 2.95 bits per heavy atom. The van der Waals surface area contributed by atoms with Crippen molar-refractivity contribution in [2.75, 3.05) is 31.5 Å². The predicted molar refractivity (Wildman–Crippen MR) is 92.8 cm³/mol. The second kappa shape index (κ2) is 6.13. The van der Waals surface area contributed by atoms with Crippen molar-refractivity contribution >= 4 is 27.4 Å². The lowest BCUT2D eigenvalue weighted by Gasteiger charge is -2.20. The van der Waals surface area contributed by atoms with Crippen molar-refractivity contribution in [3.63, 3.8) is 0 Å². The van der Waals surface area contributed by atoms with Gasteiger partial charge in [0.2, 0.25) is 0 Å². The molecule has 1 N–H and O–H groups in total. The predicted octanol–water partition coefficient (Wildman–Crippen LogP) is 3.32. The average molecular weight is 316 g/mol. The topological polar surface area (TPSA) is 41.1 Å². The van der Waals surface area contributed by atoms with Crippen LogP contribution < -0.4 is 5.32 Å². The second-order valence-corrected chi connectivity index (χ2v) is 7.84. The monoisotopic (exact) mass is 316 g/mol. The van der Waals surface area contributed by atoms with Crippen LogP contribution in [0.15, 0.2) is 6.33 Å². The molecule has 1 aliphatic heterocycles. The first-order valence-electron chi connectivity index (χ1n) is 8.53. The largest absolute Gasteiger partial charge is 0.369 e. The van der Waals surface area contributed by atoms with Gasteiger partial charge in [0.05, 0.1) is 5.39 Å². The molecule has 118 valence electrons. The van der Waals surface area contributed by atoms with Gasteiger partial charge < -0.3 is 10.2 Å². The number of rotatable bonds is 5. The van der Waals surface area contributed by atoms with E-state index in [1.807, 2.05) is 11.3 Å². The molecule has 3 heterocycles. The quantitative estimate of drug-likeness (QED) is 0.919. The highest BCUT2D eigenvalue weighted by molar-refractivity contribution is 7.19. The highest BCUT2D eigenvalue weighted by Gasteiger charge is 2.21. The second-order valence-electron chi connectivity index (χ2n) is 6.75. The molecule has 2 aromatic rings. The minimum atomic E-state index is 0.648. The van der Waals surface area contributed by atoms with Crippen molar-refractivity contribution in [2.45, 2.75) is 39.0 Å². The zero-order valence-electron chi connectivity index (χ0n) is 13.3. The summed E-state index contributed by atoms with van der Waals surface area (Å²) in [7, 11) is 0. The Labute approximate surface area is 136 Å². The molecule has 0 aromatic carbocycles. The van der Waals surface area contributed by atoms with Crippen LogP contribution in [-0.2, 0) is 12.8 Å². The lowest BCUT2D eigenvalue weighted by Crippen LogP contribution is -2.29. The maximum absolute atomic E-state index is 4.53. The van der Waals surface area contributed by atoms with Gasteiger partial charge in [-0.3, -0.25) is 0 Å². The van der Waals surface area contributed by atoms with Crippen LogP contribution in [0.1, 0.15) is 36.6 Å². The Bertz CT molecular complexity index is 660. The molecule has 0 bridgehead atoms. The third kappa shape index (κ3) is 2.72. The maximum atomic E-state index is 4.53. The Kier molecular flexibility index (Phi) is 4.01. The van der Waals surface area contributed by atoms with Gasteiger partial charge in [0.1, 0.15) is 17.0 Å². The van der Waals surface area contributed by atoms with Crippen LogP contribution in [-0.4, -0.2) is 41.0 Å². The molecule has 22 heavy (non-hydrogen) atoms. The molecular weight excluding hydrogens is 292 g/mol. The van der Waals surface area contributed by atoms with E-state index < -0.39 is 0 Å². The van der Waals surface area contributed by atoms with Gasteiger partial charge in [-0.05, 0) is 56.7 Å². The van der Waals surface area contributed by atoms with Gasteiger partial charge >= 0.3 is 0 Å². The van der Waals surface area contributed by atoms with Gasteiger partial charge in [-0.25, -0.2) is 9.97 Å². The highest BCUT2D eigenvalue weighted by Crippen LogP contribution is 2.38. The van der Waals surface area contributed by atoms with E-state index in [1.54, 1.807) is 6.33 Å². The summed E-state index contributed by atoms with van der Waals surface area (Å²) >= 11 is 1.86. The number of hydrogen-bond donors (Lipinski definition) is 1. The maximum Gasteiger partial charge on any atom is 0.138 e. The number of hydrogen-bond acceptors (Lipinski definition) is 5. The molecule has 1 aliphatic carbocycles. The van der Waals surface area contributed by atoms with E-state index >= 15 is 0 Å². The highest BCUT2D eigenvalue weighted by atomic mass is 32.1. The lowest BCUT2D eigenvalue weighted by atomic mass is 10.1. The molecule has 0 amide bonds. The molecule has 1 unspecified atom stereocenters. The zero-order valence-corrected chi connectivity index (χ0v) is 14.1. The normalized spacial score (nSPS) is 19.7. The molecule has 0 spiro atoms. The molecule has 1 saturated heterocycles. The average Bonchev–Trinajstić information content (AvgIpc) is 3.21. The first kappa shape index (κ1) is 14.4. The summed E-state index contributed by atoms with van der Waals surface area (Å²) in [5, 5.41) is 4.91.